The first-order chi connectivity index (χ1) is 7.95. The Morgan fingerprint density at radius 1 is 0.438 bits per heavy atom. The molecule has 0 N–H and O–H groups in total. The number of hydrogen-bond acceptors (Lipinski definition) is 0. The average molecular weight is 218 g/mol. The molecule has 0 amide bonds. The first kappa shape index (κ1) is 9.97. The lowest BCUT2D eigenvalue weighted by molar-refractivity contribution is 0.0817. The van der Waals surface area contributed by atoms with Gasteiger partial charge in [-0.25, -0.2) is 0 Å². The van der Waals surface area contributed by atoms with E-state index in [-0.39, 0.29) is 0 Å². The van der Waals surface area contributed by atoms with E-state index in [1.807, 2.05) is 0 Å². The van der Waals surface area contributed by atoms with Crippen LogP contribution < -0.4 is 0 Å². The molecule has 4 rings (SSSR count). The third-order valence-corrected chi connectivity index (χ3v) is 6.73. The van der Waals surface area contributed by atoms with Gasteiger partial charge in [-0.1, -0.05) is 38.5 Å². The third kappa shape index (κ3) is 1.28. The highest BCUT2D eigenvalue weighted by Gasteiger charge is 2.54. The molecule has 0 spiro atoms. The molecule has 4 saturated carbocycles. The zero-order chi connectivity index (χ0) is 10.5. The number of fused-ring (bicyclic) bond motifs is 3. The highest BCUT2D eigenvalue weighted by molar-refractivity contribution is 5.03. The van der Waals surface area contributed by atoms with E-state index < -0.39 is 0 Å². The molecule has 16 heavy (non-hydrogen) atoms. The Balaban J connectivity index is 1.68. The van der Waals surface area contributed by atoms with Gasteiger partial charge in [-0.2, -0.15) is 0 Å². The van der Waals surface area contributed by atoms with Crippen molar-refractivity contribution >= 4 is 0 Å². The predicted octanol–water partition coefficient (Wildman–Crippen LogP) is 4.64. The molecule has 2 unspecified atom stereocenters. The summed E-state index contributed by atoms with van der Waals surface area (Å²) in [6.45, 7) is 0. The van der Waals surface area contributed by atoms with Crippen LogP contribution in [0.25, 0.3) is 0 Å². The van der Waals surface area contributed by atoms with Gasteiger partial charge in [-0.3, -0.25) is 0 Å². The van der Waals surface area contributed by atoms with Crippen LogP contribution >= 0.6 is 0 Å². The minimum absolute atomic E-state index is 1.17. The summed E-state index contributed by atoms with van der Waals surface area (Å²) < 4.78 is 0. The van der Waals surface area contributed by atoms with E-state index in [0.29, 0.717) is 0 Å². The summed E-state index contributed by atoms with van der Waals surface area (Å²) in [6, 6.07) is 0. The standard InChI is InChI=1S/C16H26/c1-2-8-13-12(7-1)14-9-3-5-11-6-4-10-15(13)16(11)14/h11-16H,1-10H2/t11?,12-,13+,14-,15+,16?. The van der Waals surface area contributed by atoms with Crippen LogP contribution in [0.15, 0.2) is 0 Å². The minimum atomic E-state index is 1.17. The molecule has 0 saturated heterocycles. The lowest BCUT2D eigenvalue weighted by Gasteiger charge is -2.41. The summed E-state index contributed by atoms with van der Waals surface area (Å²) in [5.41, 5.74) is 0. The molecule has 0 heterocycles. The fraction of sp³-hybridized carbons (Fsp3) is 1.00. The van der Waals surface area contributed by atoms with Crippen molar-refractivity contribution in [2.24, 2.45) is 35.5 Å². The highest BCUT2D eigenvalue weighted by atomic mass is 14.6. The Hall–Kier alpha value is 0. The second-order valence-corrected chi connectivity index (χ2v) is 7.14. The number of hydrogen-bond donors (Lipinski definition) is 0. The zero-order valence-electron chi connectivity index (χ0n) is 10.5. The van der Waals surface area contributed by atoms with Crippen LogP contribution in [0, 0.1) is 35.5 Å². The van der Waals surface area contributed by atoms with Crippen molar-refractivity contribution in [3.8, 4) is 0 Å². The summed E-state index contributed by atoms with van der Waals surface area (Å²) in [6.07, 6.45) is 15.9. The maximum Gasteiger partial charge on any atom is -0.0324 e. The first-order valence-corrected chi connectivity index (χ1v) is 7.95. The van der Waals surface area contributed by atoms with Gasteiger partial charge < -0.3 is 0 Å². The van der Waals surface area contributed by atoms with Crippen molar-refractivity contribution in [1.82, 2.24) is 0 Å². The van der Waals surface area contributed by atoms with Gasteiger partial charge in [0.25, 0.3) is 0 Å². The van der Waals surface area contributed by atoms with Gasteiger partial charge in [-0.15, -0.1) is 0 Å². The van der Waals surface area contributed by atoms with E-state index in [1.54, 1.807) is 64.2 Å². The molecule has 4 aliphatic carbocycles. The second-order valence-electron chi connectivity index (χ2n) is 7.14. The van der Waals surface area contributed by atoms with Crippen LogP contribution in [0.1, 0.15) is 64.2 Å². The van der Waals surface area contributed by atoms with Crippen LogP contribution in [0.4, 0.5) is 0 Å². The predicted molar refractivity (Wildman–Crippen MR) is 67.1 cm³/mol. The lowest BCUT2D eigenvalue weighted by Crippen LogP contribution is -2.33. The smallest absolute Gasteiger partial charge is 0.0324 e. The summed E-state index contributed by atoms with van der Waals surface area (Å²) in [5.74, 6) is 7.12. The monoisotopic (exact) mass is 218 g/mol. The van der Waals surface area contributed by atoms with E-state index in [4.69, 9.17) is 0 Å². The van der Waals surface area contributed by atoms with Crippen LogP contribution in [0.5, 0.6) is 0 Å². The highest BCUT2D eigenvalue weighted by Crippen LogP contribution is 2.62. The summed E-state index contributed by atoms with van der Waals surface area (Å²) >= 11 is 0. The Morgan fingerprint density at radius 3 is 1.50 bits per heavy atom. The Kier molecular flexibility index (Phi) is 2.34. The fourth-order valence-corrected chi connectivity index (χ4v) is 6.41. The van der Waals surface area contributed by atoms with E-state index >= 15 is 0 Å². The molecule has 0 aromatic heterocycles. The summed E-state index contributed by atoms with van der Waals surface area (Å²) in [5, 5.41) is 0. The van der Waals surface area contributed by atoms with Crippen molar-refractivity contribution in [3.63, 3.8) is 0 Å². The SMILES string of the molecule is C1CC[C@H]2[C@@H](C1)[C@H]1CCCC3CCC[C@@H]2C31. The Morgan fingerprint density at radius 2 is 0.938 bits per heavy atom. The van der Waals surface area contributed by atoms with Crippen LogP contribution in [-0.2, 0) is 0 Å². The minimum Gasteiger partial charge on any atom is -0.0530 e. The van der Waals surface area contributed by atoms with Gasteiger partial charge in [-0.05, 0) is 61.2 Å². The molecule has 0 aromatic rings. The van der Waals surface area contributed by atoms with Gasteiger partial charge in [0.15, 0.2) is 0 Å². The zero-order valence-corrected chi connectivity index (χ0v) is 10.5. The van der Waals surface area contributed by atoms with Gasteiger partial charge in [0.05, 0.1) is 0 Å². The van der Waals surface area contributed by atoms with E-state index in [0.717, 1.165) is 0 Å². The van der Waals surface area contributed by atoms with Crippen LogP contribution in [-0.4, -0.2) is 0 Å². The largest absolute Gasteiger partial charge is 0.0530 e. The van der Waals surface area contributed by atoms with E-state index in [2.05, 4.69) is 0 Å². The molecule has 0 aromatic carbocycles. The van der Waals surface area contributed by atoms with Crippen molar-refractivity contribution in [1.29, 1.82) is 0 Å². The van der Waals surface area contributed by atoms with Crippen molar-refractivity contribution in [2.75, 3.05) is 0 Å². The molecule has 0 nitrogen and oxygen atoms in total. The topological polar surface area (TPSA) is 0 Å². The van der Waals surface area contributed by atoms with E-state index in [9.17, 15) is 0 Å². The number of rotatable bonds is 0. The van der Waals surface area contributed by atoms with Gasteiger partial charge >= 0.3 is 0 Å². The Bertz CT molecular complexity index is 243. The molecule has 6 atom stereocenters. The summed E-state index contributed by atoms with van der Waals surface area (Å²) in [4.78, 5) is 0. The van der Waals surface area contributed by atoms with Crippen molar-refractivity contribution in [3.05, 3.63) is 0 Å². The molecular formula is C16H26. The van der Waals surface area contributed by atoms with Gasteiger partial charge in [0, 0.05) is 0 Å². The maximum absolute atomic E-state index is 1.61. The normalized spacial score (nSPS) is 55.5. The average Bonchev–Trinajstić information content (AvgIpc) is 2.68. The molecule has 0 heteroatoms. The molecule has 0 radical (unpaired) electrons. The fourth-order valence-electron chi connectivity index (χ4n) is 6.41. The molecular weight excluding hydrogens is 192 g/mol. The van der Waals surface area contributed by atoms with Crippen molar-refractivity contribution in [2.45, 2.75) is 64.2 Å². The Labute approximate surface area is 100 Å². The van der Waals surface area contributed by atoms with Crippen LogP contribution in [0.2, 0.25) is 0 Å². The molecule has 0 bridgehead atoms. The maximum atomic E-state index is 1.61. The molecule has 90 valence electrons. The van der Waals surface area contributed by atoms with Crippen molar-refractivity contribution < 1.29 is 0 Å². The molecule has 4 fully saturated rings. The quantitative estimate of drug-likeness (QED) is 0.555. The second kappa shape index (κ2) is 3.75. The third-order valence-electron chi connectivity index (χ3n) is 6.73. The van der Waals surface area contributed by atoms with Crippen LogP contribution in [0.3, 0.4) is 0 Å². The molecule has 0 aliphatic heterocycles. The lowest BCUT2D eigenvalue weighted by atomic mass is 9.64. The first-order valence-electron chi connectivity index (χ1n) is 7.95. The van der Waals surface area contributed by atoms with Gasteiger partial charge in [0.1, 0.15) is 0 Å². The van der Waals surface area contributed by atoms with Gasteiger partial charge in [0.2, 0.25) is 0 Å². The van der Waals surface area contributed by atoms with E-state index in [1.165, 1.54) is 35.5 Å². The summed E-state index contributed by atoms with van der Waals surface area (Å²) in [7, 11) is 0. The molecule has 4 aliphatic rings.